The molecule has 1 N–H and O–H groups in total. The predicted molar refractivity (Wildman–Crippen MR) is 72.8 cm³/mol. The van der Waals surface area contributed by atoms with E-state index in [2.05, 4.69) is 64.2 Å². The van der Waals surface area contributed by atoms with Gasteiger partial charge in [0.1, 0.15) is 0 Å². The molecule has 0 saturated heterocycles. The Balaban J connectivity index is 2.47. The zero-order chi connectivity index (χ0) is 11.7. The van der Waals surface area contributed by atoms with E-state index in [0.717, 1.165) is 10.9 Å². The highest BCUT2D eigenvalue weighted by Crippen LogP contribution is 2.25. The van der Waals surface area contributed by atoms with Crippen LogP contribution in [-0.2, 0) is 13.5 Å². The van der Waals surface area contributed by atoms with Crippen LogP contribution in [0.5, 0.6) is 0 Å². The number of rotatable bonds is 3. The van der Waals surface area contributed by atoms with Crippen molar-refractivity contribution in [2.45, 2.75) is 19.4 Å². The van der Waals surface area contributed by atoms with E-state index in [9.17, 15) is 0 Å². The summed E-state index contributed by atoms with van der Waals surface area (Å²) < 4.78 is 3.33. The van der Waals surface area contributed by atoms with Crippen molar-refractivity contribution < 1.29 is 0 Å². The van der Waals surface area contributed by atoms with Crippen molar-refractivity contribution in [3.63, 3.8) is 0 Å². The lowest BCUT2D eigenvalue weighted by Crippen LogP contribution is -2.23. The molecule has 16 heavy (non-hydrogen) atoms. The van der Waals surface area contributed by atoms with E-state index >= 15 is 0 Å². The average Bonchev–Trinajstić information content (AvgIpc) is 2.55. The van der Waals surface area contributed by atoms with E-state index in [4.69, 9.17) is 0 Å². The first-order valence-corrected chi connectivity index (χ1v) is 6.32. The summed E-state index contributed by atoms with van der Waals surface area (Å²) in [6, 6.07) is 6.98. The Labute approximate surface area is 105 Å². The molecule has 2 aromatic rings. The number of halogens is 1. The minimum atomic E-state index is 0.509. The molecular formula is C13H17BrN2. The number of nitrogens with one attached hydrogen (secondary N) is 1. The minimum Gasteiger partial charge on any atom is -0.350 e. The van der Waals surface area contributed by atoms with Crippen LogP contribution in [0.3, 0.4) is 0 Å². The second-order valence-corrected chi connectivity index (χ2v) is 5.24. The fourth-order valence-corrected chi connectivity index (χ4v) is 2.38. The summed E-state index contributed by atoms with van der Waals surface area (Å²) in [6.07, 6.45) is 3.29. The molecule has 0 aliphatic heterocycles. The van der Waals surface area contributed by atoms with Gasteiger partial charge >= 0.3 is 0 Å². The van der Waals surface area contributed by atoms with Crippen LogP contribution in [0, 0.1) is 0 Å². The Kier molecular flexibility index (Phi) is 3.36. The van der Waals surface area contributed by atoms with Crippen LogP contribution in [0.15, 0.2) is 28.9 Å². The highest BCUT2D eigenvalue weighted by molar-refractivity contribution is 9.10. The second-order valence-electron chi connectivity index (χ2n) is 4.32. The molecule has 1 aromatic heterocycles. The number of aromatic nitrogens is 1. The lowest BCUT2D eigenvalue weighted by atomic mass is 10.1. The largest absolute Gasteiger partial charge is 0.350 e. The smallest absolute Gasteiger partial charge is 0.0491 e. The van der Waals surface area contributed by atoms with Crippen LogP contribution < -0.4 is 5.32 Å². The normalized spacial score (nSPS) is 13.2. The highest BCUT2D eigenvalue weighted by atomic mass is 79.9. The molecule has 1 aromatic carbocycles. The van der Waals surface area contributed by atoms with Gasteiger partial charge < -0.3 is 9.88 Å². The Morgan fingerprint density at radius 3 is 2.88 bits per heavy atom. The monoisotopic (exact) mass is 280 g/mol. The van der Waals surface area contributed by atoms with Crippen molar-refractivity contribution in [3.8, 4) is 0 Å². The third-order valence-electron chi connectivity index (χ3n) is 3.05. The first kappa shape index (κ1) is 11.7. The maximum atomic E-state index is 3.51. The third kappa shape index (κ3) is 2.15. The number of hydrogen-bond acceptors (Lipinski definition) is 1. The standard InChI is InChI=1S/C13H17BrN2/c1-9(15-2)6-10-8-16(3)13-7-11(14)4-5-12(10)13/h4-5,7-9,15H,6H2,1-3H3. The zero-order valence-corrected chi connectivity index (χ0v) is 11.5. The molecule has 2 nitrogen and oxygen atoms in total. The lowest BCUT2D eigenvalue weighted by molar-refractivity contribution is 0.609. The van der Waals surface area contributed by atoms with E-state index in [-0.39, 0.29) is 0 Å². The van der Waals surface area contributed by atoms with Gasteiger partial charge in [0.2, 0.25) is 0 Å². The molecule has 2 rings (SSSR count). The summed E-state index contributed by atoms with van der Waals surface area (Å²) in [6.45, 7) is 2.21. The fourth-order valence-electron chi connectivity index (χ4n) is 2.04. The van der Waals surface area contributed by atoms with Gasteiger partial charge in [0.15, 0.2) is 0 Å². The summed E-state index contributed by atoms with van der Waals surface area (Å²) in [5, 5.41) is 4.63. The summed E-state index contributed by atoms with van der Waals surface area (Å²) in [4.78, 5) is 0. The van der Waals surface area contributed by atoms with Crippen LogP contribution in [0.2, 0.25) is 0 Å². The molecule has 0 aliphatic carbocycles. The molecule has 1 heterocycles. The Hall–Kier alpha value is -0.800. The van der Waals surface area contributed by atoms with Crippen LogP contribution >= 0.6 is 15.9 Å². The Morgan fingerprint density at radius 2 is 2.19 bits per heavy atom. The van der Waals surface area contributed by atoms with E-state index < -0.39 is 0 Å². The number of benzene rings is 1. The third-order valence-corrected chi connectivity index (χ3v) is 3.55. The van der Waals surface area contributed by atoms with Crippen molar-refractivity contribution in [2.75, 3.05) is 7.05 Å². The van der Waals surface area contributed by atoms with E-state index in [1.54, 1.807) is 0 Å². The number of nitrogens with zero attached hydrogens (tertiary/aromatic N) is 1. The molecule has 1 unspecified atom stereocenters. The van der Waals surface area contributed by atoms with Crippen molar-refractivity contribution in [1.29, 1.82) is 0 Å². The maximum Gasteiger partial charge on any atom is 0.0491 e. The summed E-state index contributed by atoms with van der Waals surface area (Å²) in [7, 11) is 4.11. The predicted octanol–water partition coefficient (Wildman–Crippen LogP) is 3.09. The van der Waals surface area contributed by atoms with Crippen molar-refractivity contribution in [3.05, 3.63) is 34.4 Å². The highest BCUT2D eigenvalue weighted by Gasteiger charge is 2.09. The lowest BCUT2D eigenvalue weighted by Gasteiger charge is -2.08. The number of hydrogen-bond donors (Lipinski definition) is 1. The van der Waals surface area contributed by atoms with Gasteiger partial charge in [-0.25, -0.2) is 0 Å². The molecular weight excluding hydrogens is 264 g/mol. The first-order valence-electron chi connectivity index (χ1n) is 5.52. The van der Waals surface area contributed by atoms with Gasteiger partial charge in [0.25, 0.3) is 0 Å². The van der Waals surface area contributed by atoms with Gasteiger partial charge in [-0.15, -0.1) is 0 Å². The Bertz CT molecular complexity index is 502. The fraction of sp³-hybridized carbons (Fsp3) is 0.385. The molecule has 0 radical (unpaired) electrons. The molecule has 0 spiro atoms. The molecule has 0 saturated carbocycles. The molecule has 3 heteroatoms. The van der Waals surface area contributed by atoms with Gasteiger partial charge in [-0.3, -0.25) is 0 Å². The molecule has 0 aliphatic rings. The van der Waals surface area contributed by atoms with Gasteiger partial charge in [-0.2, -0.15) is 0 Å². The first-order chi connectivity index (χ1) is 7.61. The molecule has 86 valence electrons. The minimum absolute atomic E-state index is 0.509. The van der Waals surface area contributed by atoms with Crippen LogP contribution in [-0.4, -0.2) is 17.7 Å². The number of likely N-dealkylation sites (N-methyl/N-ethyl adjacent to an activating group) is 1. The SMILES string of the molecule is CNC(C)Cc1cn(C)c2cc(Br)ccc12. The maximum absolute atomic E-state index is 3.51. The van der Waals surface area contributed by atoms with Crippen LogP contribution in [0.25, 0.3) is 10.9 Å². The summed E-state index contributed by atoms with van der Waals surface area (Å²) >= 11 is 3.51. The van der Waals surface area contributed by atoms with E-state index in [1.807, 2.05) is 7.05 Å². The van der Waals surface area contributed by atoms with Crippen molar-refractivity contribution in [1.82, 2.24) is 9.88 Å². The van der Waals surface area contributed by atoms with Crippen LogP contribution in [0.4, 0.5) is 0 Å². The topological polar surface area (TPSA) is 17.0 Å². The van der Waals surface area contributed by atoms with Gasteiger partial charge in [-0.1, -0.05) is 22.0 Å². The molecule has 0 bridgehead atoms. The average molecular weight is 281 g/mol. The van der Waals surface area contributed by atoms with Crippen molar-refractivity contribution in [2.24, 2.45) is 7.05 Å². The second kappa shape index (κ2) is 4.60. The van der Waals surface area contributed by atoms with Gasteiger partial charge in [0.05, 0.1) is 0 Å². The number of aryl methyl sites for hydroxylation is 1. The van der Waals surface area contributed by atoms with Crippen molar-refractivity contribution >= 4 is 26.8 Å². The number of fused-ring (bicyclic) bond motifs is 1. The van der Waals surface area contributed by atoms with E-state index in [1.165, 1.54) is 16.5 Å². The Morgan fingerprint density at radius 1 is 1.44 bits per heavy atom. The van der Waals surface area contributed by atoms with Crippen LogP contribution in [0.1, 0.15) is 12.5 Å². The van der Waals surface area contributed by atoms with E-state index in [0.29, 0.717) is 6.04 Å². The summed E-state index contributed by atoms with van der Waals surface area (Å²) in [5.41, 5.74) is 2.69. The quantitative estimate of drug-likeness (QED) is 0.914. The van der Waals surface area contributed by atoms with Gasteiger partial charge in [-0.05, 0) is 38.1 Å². The molecule has 1 atom stereocenters. The summed E-state index contributed by atoms with van der Waals surface area (Å²) in [5.74, 6) is 0. The zero-order valence-electron chi connectivity index (χ0n) is 9.92. The van der Waals surface area contributed by atoms with Gasteiger partial charge in [0, 0.05) is 34.7 Å². The molecule has 0 amide bonds. The molecule has 0 fully saturated rings.